The van der Waals surface area contributed by atoms with Gasteiger partial charge in [-0.25, -0.2) is 9.37 Å². The van der Waals surface area contributed by atoms with Crippen molar-refractivity contribution in [3.05, 3.63) is 62.6 Å². The highest BCUT2D eigenvalue weighted by Gasteiger charge is 2.14. The quantitative estimate of drug-likeness (QED) is 0.193. The van der Waals surface area contributed by atoms with Crippen molar-refractivity contribution >= 4 is 64.1 Å². The molecule has 0 amide bonds. The third-order valence-electron chi connectivity index (χ3n) is 4.21. The number of ether oxygens (including phenoxy) is 1. The van der Waals surface area contributed by atoms with Gasteiger partial charge in [0, 0.05) is 28.8 Å². The van der Waals surface area contributed by atoms with Gasteiger partial charge >= 0.3 is 0 Å². The number of nitrogens with one attached hydrogen (secondary N) is 2. The lowest BCUT2D eigenvalue weighted by Crippen LogP contribution is -2.18. The molecule has 166 valence electrons. The van der Waals surface area contributed by atoms with E-state index in [4.69, 9.17) is 27.9 Å². The Labute approximate surface area is 204 Å². The second-order valence-corrected chi connectivity index (χ2v) is 9.89. The van der Waals surface area contributed by atoms with Crippen molar-refractivity contribution in [3.63, 3.8) is 0 Å². The molecule has 0 unspecified atom stereocenters. The molecule has 0 bridgehead atoms. The lowest BCUT2D eigenvalue weighted by atomic mass is 10.1. The summed E-state index contributed by atoms with van der Waals surface area (Å²) in [5, 5.41) is 6.20. The summed E-state index contributed by atoms with van der Waals surface area (Å²) in [5.74, 6) is 2.21. The number of aryl methyl sites for hydroxylation is 1. The van der Waals surface area contributed by atoms with Gasteiger partial charge in [0.15, 0.2) is 0 Å². The average Bonchev–Trinajstić information content (AvgIpc) is 3.27. The zero-order chi connectivity index (χ0) is 22.1. The highest BCUT2D eigenvalue weighted by molar-refractivity contribution is 8.00. The number of hydrogen-bond acceptors (Lipinski definition) is 7. The van der Waals surface area contributed by atoms with Crippen LogP contribution in [-0.4, -0.2) is 30.1 Å². The number of thioether (sulfide) groups is 1. The second-order valence-electron chi connectivity index (χ2n) is 6.49. The van der Waals surface area contributed by atoms with Gasteiger partial charge in [-0.2, -0.15) is 11.8 Å². The molecule has 3 aromatic rings. The Morgan fingerprint density at radius 3 is 2.81 bits per heavy atom. The molecule has 0 spiro atoms. The van der Waals surface area contributed by atoms with Gasteiger partial charge in [0.2, 0.25) is 0 Å². The monoisotopic (exact) mass is 517 g/mol. The van der Waals surface area contributed by atoms with Gasteiger partial charge < -0.3 is 14.8 Å². The van der Waals surface area contributed by atoms with Crippen LogP contribution in [-0.2, 0) is 6.42 Å². The van der Waals surface area contributed by atoms with Crippen molar-refractivity contribution in [2.75, 3.05) is 29.8 Å². The summed E-state index contributed by atoms with van der Waals surface area (Å²) < 4.78 is 23.6. The van der Waals surface area contributed by atoms with Crippen LogP contribution >= 0.6 is 58.2 Å². The molecule has 1 aromatic heterocycles. The van der Waals surface area contributed by atoms with Crippen LogP contribution in [0.25, 0.3) is 0 Å². The molecule has 10 heteroatoms. The normalized spacial score (nSPS) is 11.0. The molecule has 2 N–H and O–H groups in total. The maximum atomic E-state index is 14.6. The SMILES string of the molecule is CSCCNCCCc1cc(Cl)ccc1Oc1cc(F)c(SNc2cscn2)cc1Cl. The Morgan fingerprint density at radius 1 is 1.16 bits per heavy atom. The molecule has 4 nitrogen and oxygen atoms in total. The number of nitrogens with zero attached hydrogens (tertiary/aromatic N) is 1. The second kappa shape index (κ2) is 12.8. The van der Waals surface area contributed by atoms with E-state index in [-0.39, 0.29) is 5.75 Å². The van der Waals surface area contributed by atoms with Crippen LogP contribution in [0.2, 0.25) is 10.0 Å². The van der Waals surface area contributed by atoms with Gasteiger partial charge in [0.1, 0.15) is 23.1 Å². The summed E-state index contributed by atoms with van der Waals surface area (Å²) in [6.07, 6.45) is 3.81. The zero-order valence-corrected chi connectivity index (χ0v) is 20.8. The Balaban J connectivity index is 1.66. The Kier molecular flexibility index (Phi) is 10.1. The topological polar surface area (TPSA) is 46.2 Å². The summed E-state index contributed by atoms with van der Waals surface area (Å²) in [6.45, 7) is 1.89. The van der Waals surface area contributed by atoms with Crippen LogP contribution in [0, 0.1) is 5.82 Å². The zero-order valence-electron chi connectivity index (χ0n) is 16.8. The Bertz CT molecular complexity index is 977. The molecule has 2 aromatic carbocycles. The fourth-order valence-corrected chi connectivity index (χ4v) is 4.73. The maximum absolute atomic E-state index is 14.6. The first kappa shape index (κ1) is 24.5. The third-order valence-corrected chi connectivity index (χ3v) is 6.78. The number of benzene rings is 2. The van der Waals surface area contributed by atoms with Crippen LogP contribution in [0.1, 0.15) is 12.0 Å². The molecule has 0 aliphatic heterocycles. The van der Waals surface area contributed by atoms with E-state index in [9.17, 15) is 4.39 Å². The van der Waals surface area contributed by atoms with Crippen LogP contribution in [0.4, 0.5) is 10.2 Å². The molecule has 3 rings (SSSR count). The number of hydrogen-bond donors (Lipinski definition) is 2. The number of halogens is 3. The Hall–Kier alpha value is -1.16. The maximum Gasteiger partial charge on any atom is 0.149 e. The molecule has 0 aliphatic rings. The lowest BCUT2D eigenvalue weighted by Gasteiger charge is -2.14. The first-order valence-corrected chi connectivity index (χ1v) is 13.4. The standard InChI is InChI=1S/C21H22Cl2FN3OS3/c1-29-8-7-25-6-2-3-14-9-15(22)4-5-18(14)28-19-11-17(24)20(10-16(19)23)31-27-21-12-30-13-26-21/h4-5,9-13,25,27H,2-3,6-8H2,1H3. The van der Waals surface area contributed by atoms with Crippen molar-refractivity contribution < 1.29 is 9.13 Å². The predicted octanol–water partition coefficient (Wildman–Crippen LogP) is 7.39. The summed E-state index contributed by atoms with van der Waals surface area (Å²) >= 11 is 17.0. The van der Waals surface area contributed by atoms with E-state index >= 15 is 0 Å². The molecule has 0 saturated heterocycles. The van der Waals surface area contributed by atoms with Gasteiger partial charge in [0.05, 0.1) is 15.4 Å². The first-order valence-electron chi connectivity index (χ1n) is 9.53. The summed E-state index contributed by atoms with van der Waals surface area (Å²) in [6, 6.07) is 8.27. The average molecular weight is 519 g/mol. The molecule has 0 atom stereocenters. The minimum Gasteiger partial charge on any atom is -0.455 e. The van der Waals surface area contributed by atoms with Crippen molar-refractivity contribution in [3.8, 4) is 11.5 Å². The van der Waals surface area contributed by atoms with Crippen molar-refractivity contribution in [2.45, 2.75) is 17.7 Å². The molecule has 31 heavy (non-hydrogen) atoms. The first-order chi connectivity index (χ1) is 15.1. The smallest absolute Gasteiger partial charge is 0.149 e. The highest BCUT2D eigenvalue weighted by atomic mass is 35.5. The fourth-order valence-electron chi connectivity index (χ4n) is 2.70. The third kappa shape index (κ3) is 7.73. The molecule has 0 radical (unpaired) electrons. The van der Waals surface area contributed by atoms with Crippen molar-refractivity contribution in [1.29, 1.82) is 0 Å². The van der Waals surface area contributed by atoms with Crippen LogP contribution in [0.15, 0.2) is 46.1 Å². The largest absolute Gasteiger partial charge is 0.455 e. The van der Waals surface area contributed by atoms with Gasteiger partial charge in [0.25, 0.3) is 0 Å². The van der Waals surface area contributed by atoms with E-state index < -0.39 is 5.82 Å². The van der Waals surface area contributed by atoms with Crippen LogP contribution < -0.4 is 14.8 Å². The van der Waals surface area contributed by atoms with E-state index in [1.54, 1.807) is 23.7 Å². The van der Waals surface area contributed by atoms with Crippen molar-refractivity contribution in [2.24, 2.45) is 0 Å². The summed E-state index contributed by atoms with van der Waals surface area (Å²) in [5.41, 5.74) is 2.66. The highest BCUT2D eigenvalue weighted by Crippen LogP contribution is 2.37. The lowest BCUT2D eigenvalue weighted by molar-refractivity contribution is 0.467. The summed E-state index contributed by atoms with van der Waals surface area (Å²) in [7, 11) is 0. The van der Waals surface area contributed by atoms with Gasteiger partial charge in [-0.1, -0.05) is 23.2 Å². The van der Waals surface area contributed by atoms with Crippen LogP contribution in [0.5, 0.6) is 11.5 Å². The van der Waals surface area contributed by atoms with Gasteiger partial charge in [-0.05, 0) is 67.4 Å². The van der Waals surface area contributed by atoms with Crippen molar-refractivity contribution in [1.82, 2.24) is 10.3 Å². The summed E-state index contributed by atoms with van der Waals surface area (Å²) in [4.78, 5) is 4.47. The molecule has 0 fully saturated rings. The Morgan fingerprint density at radius 2 is 2.03 bits per heavy atom. The van der Waals surface area contributed by atoms with Gasteiger partial charge in [-0.15, -0.1) is 11.3 Å². The molecule has 0 aliphatic carbocycles. The van der Waals surface area contributed by atoms with Gasteiger partial charge in [-0.3, -0.25) is 0 Å². The van der Waals surface area contributed by atoms with E-state index in [1.807, 2.05) is 23.2 Å². The molecule has 0 saturated carbocycles. The number of anilines is 1. The minimum atomic E-state index is -0.430. The molecular formula is C21H22Cl2FN3OS3. The number of thiazole rings is 1. The van der Waals surface area contributed by atoms with E-state index in [1.165, 1.54) is 17.4 Å². The fraction of sp³-hybridized carbons (Fsp3) is 0.286. The van der Waals surface area contributed by atoms with E-state index in [2.05, 4.69) is 21.3 Å². The molecule has 1 heterocycles. The number of aromatic nitrogens is 1. The molecular weight excluding hydrogens is 496 g/mol. The minimum absolute atomic E-state index is 0.263. The van der Waals surface area contributed by atoms with Crippen LogP contribution in [0.3, 0.4) is 0 Å². The van der Waals surface area contributed by atoms with E-state index in [0.717, 1.165) is 49.2 Å². The number of rotatable bonds is 12. The van der Waals surface area contributed by atoms with E-state index in [0.29, 0.717) is 26.5 Å². The predicted molar refractivity (Wildman–Crippen MR) is 134 cm³/mol.